The van der Waals surface area contributed by atoms with Crippen molar-refractivity contribution in [3.63, 3.8) is 0 Å². The number of aryl methyl sites for hydroxylation is 1. The van der Waals surface area contributed by atoms with E-state index in [9.17, 15) is 19.8 Å². The highest BCUT2D eigenvalue weighted by Crippen LogP contribution is 2.25. The van der Waals surface area contributed by atoms with Crippen molar-refractivity contribution < 1.29 is 29.3 Å². The van der Waals surface area contributed by atoms with E-state index in [1.54, 1.807) is 19.1 Å². The van der Waals surface area contributed by atoms with Crippen LogP contribution in [0.5, 0.6) is 11.5 Å². The van der Waals surface area contributed by atoms with Crippen molar-refractivity contribution in [2.24, 2.45) is 0 Å². The second-order valence-corrected chi connectivity index (χ2v) is 5.56. The summed E-state index contributed by atoms with van der Waals surface area (Å²) >= 11 is 0. The third kappa shape index (κ3) is 5.32. The molecular formula is C17H20O6. The maximum absolute atomic E-state index is 11.8. The predicted octanol–water partition coefficient (Wildman–Crippen LogP) is 2.22. The third-order valence-electron chi connectivity index (χ3n) is 3.52. The molecule has 2 unspecified atom stereocenters. The van der Waals surface area contributed by atoms with E-state index in [0.717, 1.165) is 5.56 Å². The highest BCUT2D eigenvalue weighted by atomic mass is 16.6. The Balaban J connectivity index is 1.74. The van der Waals surface area contributed by atoms with Crippen LogP contribution in [0.2, 0.25) is 0 Å². The number of ether oxygens (including phenoxy) is 2. The Morgan fingerprint density at radius 2 is 2.17 bits per heavy atom. The first-order valence-corrected chi connectivity index (χ1v) is 7.51. The average Bonchev–Trinajstić information content (AvgIpc) is 2.48. The first kappa shape index (κ1) is 16.9. The number of carbonyl (C=O) groups excluding carboxylic acids is 2. The molecule has 2 N–H and O–H groups in total. The Labute approximate surface area is 134 Å². The third-order valence-corrected chi connectivity index (χ3v) is 3.52. The monoisotopic (exact) mass is 320 g/mol. The average molecular weight is 320 g/mol. The number of phenolic OH excluding ortho intramolecular Hbond substituents is 2. The van der Waals surface area contributed by atoms with E-state index >= 15 is 0 Å². The summed E-state index contributed by atoms with van der Waals surface area (Å²) in [6.45, 7) is 1.76. The van der Waals surface area contributed by atoms with Crippen LogP contribution in [0.3, 0.4) is 0 Å². The van der Waals surface area contributed by atoms with E-state index in [1.165, 1.54) is 18.2 Å². The molecule has 0 bridgehead atoms. The summed E-state index contributed by atoms with van der Waals surface area (Å²) in [6.07, 6.45) is 4.19. The van der Waals surface area contributed by atoms with Gasteiger partial charge in [-0.05, 0) is 31.0 Å². The molecule has 1 aromatic carbocycles. The highest BCUT2D eigenvalue weighted by Gasteiger charge is 2.20. The van der Waals surface area contributed by atoms with E-state index in [4.69, 9.17) is 9.47 Å². The number of esters is 2. The van der Waals surface area contributed by atoms with Crippen LogP contribution in [0.25, 0.3) is 0 Å². The Morgan fingerprint density at radius 3 is 2.87 bits per heavy atom. The number of hydrogen-bond acceptors (Lipinski definition) is 6. The molecule has 0 spiro atoms. The van der Waals surface area contributed by atoms with Crippen LogP contribution in [0, 0.1) is 0 Å². The van der Waals surface area contributed by atoms with Crippen molar-refractivity contribution in [1.29, 1.82) is 0 Å². The van der Waals surface area contributed by atoms with Crippen LogP contribution in [-0.2, 0) is 25.5 Å². The summed E-state index contributed by atoms with van der Waals surface area (Å²) in [4.78, 5) is 23.0. The van der Waals surface area contributed by atoms with Gasteiger partial charge in [0.15, 0.2) is 11.5 Å². The van der Waals surface area contributed by atoms with Crippen molar-refractivity contribution >= 4 is 11.9 Å². The summed E-state index contributed by atoms with van der Waals surface area (Å²) in [5.41, 5.74) is 0.733. The van der Waals surface area contributed by atoms with Crippen molar-refractivity contribution in [1.82, 2.24) is 0 Å². The van der Waals surface area contributed by atoms with Crippen LogP contribution >= 0.6 is 0 Å². The lowest BCUT2D eigenvalue weighted by molar-refractivity contribution is -0.152. The van der Waals surface area contributed by atoms with Gasteiger partial charge in [0.2, 0.25) is 0 Å². The smallest absolute Gasteiger partial charge is 0.330 e. The van der Waals surface area contributed by atoms with Crippen molar-refractivity contribution in [3.05, 3.63) is 35.9 Å². The summed E-state index contributed by atoms with van der Waals surface area (Å²) in [6, 6.07) is 4.43. The van der Waals surface area contributed by atoms with E-state index in [2.05, 4.69) is 0 Å². The summed E-state index contributed by atoms with van der Waals surface area (Å²) in [5, 5.41) is 18.6. The minimum atomic E-state index is -0.369. The molecule has 0 aliphatic carbocycles. The Morgan fingerprint density at radius 1 is 1.39 bits per heavy atom. The fourth-order valence-corrected chi connectivity index (χ4v) is 2.38. The fourth-order valence-electron chi connectivity index (χ4n) is 2.38. The number of rotatable bonds is 6. The zero-order chi connectivity index (χ0) is 16.8. The standard InChI is InChI=1S/C17H20O6/c1-11(9-13-3-2-4-16(20)23-13)22-17(21)8-6-12-5-7-14(18)15(19)10-12/h2,4-5,7,10-11,13,18-19H,3,6,8-9H2,1H3. The van der Waals surface area contributed by atoms with E-state index < -0.39 is 0 Å². The van der Waals surface area contributed by atoms with Gasteiger partial charge in [0.05, 0.1) is 0 Å². The number of aromatic hydroxyl groups is 2. The number of carbonyl (C=O) groups is 2. The van der Waals surface area contributed by atoms with Crippen molar-refractivity contribution in [2.75, 3.05) is 0 Å². The molecule has 1 aliphatic rings. The van der Waals surface area contributed by atoms with Gasteiger partial charge in [-0.2, -0.15) is 0 Å². The van der Waals surface area contributed by atoms with Gasteiger partial charge < -0.3 is 19.7 Å². The van der Waals surface area contributed by atoms with Gasteiger partial charge in [-0.25, -0.2) is 4.79 Å². The van der Waals surface area contributed by atoms with Gasteiger partial charge in [-0.3, -0.25) is 4.79 Å². The molecule has 0 saturated heterocycles. The van der Waals surface area contributed by atoms with Gasteiger partial charge in [-0.15, -0.1) is 0 Å². The van der Waals surface area contributed by atoms with Crippen LogP contribution in [0.15, 0.2) is 30.4 Å². The maximum Gasteiger partial charge on any atom is 0.330 e. The minimum absolute atomic E-state index is 0.166. The zero-order valence-corrected chi connectivity index (χ0v) is 12.9. The summed E-state index contributed by atoms with van der Waals surface area (Å²) in [7, 11) is 0. The Bertz CT molecular complexity index is 607. The van der Waals surface area contributed by atoms with Crippen molar-refractivity contribution in [2.45, 2.75) is 44.8 Å². The molecule has 1 aliphatic heterocycles. The minimum Gasteiger partial charge on any atom is -0.504 e. The van der Waals surface area contributed by atoms with Gasteiger partial charge in [0.25, 0.3) is 0 Å². The van der Waals surface area contributed by atoms with Gasteiger partial charge >= 0.3 is 11.9 Å². The van der Waals surface area contributed by atoms with Gasteiger partial charge in [0, 0.05) is 25.3 Å². The molecule has 0 aromatic heterocycles. The van der Waals surface area contributed by atoms with E-state index in [-0.39, 0.29) is 42.1 Å². The largest absolute Gasteiger partial charge is 0.504 e. The number of phenols is 2. The molecule has 0 saturated carbocycles. The molecule has 2 rings (SSSR count). The topological polar surface area (TPSA) is 93.1 Å². The quantitative estimate of drug-likeness (QED) is 0.617. The van der Waals surface area contributed by atoms with Crippen molar-refractivity contribution in [3.8, 4) is 11.5 Å². The zero-order valence-electron chi connectivity index (χ0n) is 12.9. The number of hydrogen-bond donors (Lipinski definition) is 2. The predicted molar refractivity (Wildman–Crippen MR) is 81.9 cm³/mol. The maximum atomic E-state index is 11.8. The lowest BCUT2D eigenvalue weighted by Gasteiger charge is -2.22. The molecule has 1 aromatic rings. The molecule has 1 heterocycles. The highest BCUT2D eigenvalue weighted by molar-refractivity contribution is 5.82. The Kier molecular flexibility index (Phi) is 5.62. The summed E-state index contributed by atoms with van der Waals surface area (Å²) in [5.74, 6) is -1.13. The van der Waals surface area contributed by atoms with Gasteiger partial charge in [-0.1, -0.05) is 12.1 Å². The fraction of sp³-hybridized carbons (Fsp3) is 0.412. The van der Waals surface area contributed by atoms with E-state index in [1.807, 2.05) is 0 Å². The second-order valence-electron chi connectivity index (χ2n) is 5.56. The van der Waals surface area contributed by atoms with Gasteiger partial charge in [0.1, 0.15) is 12.2 Å². The first-order chi connectivity index (χ1) is 10.9. The molecule has 124 valence electrons. The lowest BCUT2D eigenvalue weighted by atomic mass is 10.1. The van der Waals surface area contributed by atoms with Crippen LogP contribution in [-0.4, -0.2) is 34.4 Å². The molecule has 2 atom stereocenters. The first-order valence-electron chi connectivity index (χ1n) is 7.51. The van der Waals surface area contributed by atoms with Crippen LogP contribution in [0.1, 0.15) is 31.7 Å². The SMILES string of the molecule is CC(CC1CC=CC(=O)O1)OC(=O)CCc1ccc(O)c(O)c1. The molecule has 0 fully saturated rings. The number of cyclic esters (lactones) is 1. The molecular weight excluding hydrogens is 300 g/mol. The molecule has 0 radical (unpaired) electrons. The molecule has 6 heteroatoms. The normalized spacial score (nSPS) is 18.3. The number of benzene rings is 1. The Hall–Kier alpha value is -2.50. The van der Waals surface area contributed by atoms with Crippen LogP contribution in [0.4, 0.5) is 0 Å². The molecule has 6 nitrogen and oxygen atoms in total. The second kappa shape index (κ2) is 7.67. The van der Waals surface area contributed by atoms with E-state index in [0.29, 0.717) is 19.3 Å². The van der Waals surface area contributed by atoms with Crippen LogP contribution < -0.4 is 0 Å². The molecule has 0 amide bonds. The lowest BCUT2D eigenvalue weighted by Crippen LogP contribution is -2.26. The molecule has 23 heavy (non-hydrogen) atoms. The summed E-state index contributed by atoms with van der Waals surface area (Å²) < 4.78 is 10.4.